The minimum Gasteiger partial charge on any atom is -0.309 e. The highest BCUT2D eigenvalue weighted by atomic mass is 79.9. The van der Waals surface area contributed by atoms with E-state index in [2.05, 4.69) is 21.2 Å². The Bertz CT molecular complexity index is 333. The zero-order valence-corrected chi connectivity index (χ0v) is 11.6. The summed E-state index contributed by atoms with van der Waals surface area (Å²) in [6, 6.07) is 7.77. The van der Waals surface area contributed by atoms with Crippen molar-refractivity contribution in [3.8, 4) is 0 Å². The van der Waals surface area contributed by atoms with Crippen molar-refractivity contribution in [2.75, 3.05) is 6.54 Å². The maximum Gasteiger partial charge on any atom is 0.117 e. The van der Waals surface area contributed by atoms with Gasteiger partial charge in [-0.05, 0) is 32.4 Å². The smallest absolute Gasteiger partial charge is 0.117 e. The Balaban J connectivity index is 2.46. The van der Waals surface area contributed by atoms with Gasteiger partial charge in [-0.15, -0.1) is 0 Å². The van der Waals surface area contributed by atoms with Gasteiger partial charge in [0.1, 0.15) is 6.17 Å². The van der Waals surface area contributed by atoms with E-state index in [9.17, 15) is 4.39 Å². The van der Waals surface area contributed by atoms with Gasteiger partial charge in [0, 0.05) is 23.0 Å². The number of nitrogens with one attached hydrogen (secondary N) is 1. The summed E-state index contributed by atoms with van der Waals surface area (Å²) in [5.41, 5.74) is 0.990. The summed E-state index contributed by atoms with van der Waals surface area (Å²) in [6.45, 7) is 6.51. The molecule has 0 saturated carbocycles. The number of alkyl halides is 1. The molecule has 0 aliphatic carbocycles. The predicted molar refractivity (Wildman–Crippen MR) is 70.5 cm³/mol. The maximum absolute atomic E-state index is 13.7. The molecule has 0 aliphatic heterocycles. The van der Waals surface area contributed by atoms with Crippen LogP contribution in [0.4, 0.5) is 4.39 Å². The van der Waals surface area contributed by atoms with Crippen molar-refractivity contribution in [3.63, 3.8) is 0 Å². The first kappa shape index (κ1) is 13.7. The lowest BCUT2D eigenvalue weighted by atomic mass is 10.1. The van der Waals surface area contributed by atoms with Gasteiger partial charge in [0.05, 0.1) is 0 Å². The molecule has 1 atom stereocenters. The fraction of sp³-hybridized carbons (Fsp3) is 0.538. The Kier molecular flexibility index (Phi) is 4.93. The van der Waals surface area contributed by atoms with Gasteiger partial charge >= 0.3 is 0 Å². The van der Waals surface area contributed by atoms with E-state index in [0.717, 1.165) is 10.0 Å². The average molecular weight is 288 g/mol. The molecule has 0 aromatic heterocycles. The molecular formula is C13H19BrFN. The van der Waals surface area contributed by atoms with E-state index in [4.69, 9.17) is 0 Å². The Labute approximate surface area is 106 Å². The summed E-state index contributed by atoms with van der Waals surface area (Å²) in [5, 5.41) is 3.17. The second-order valence-electron chi connectivity index (χ2n) is 5.02. The van der Waals surface area contributed by atoms with E-state index in [0.29, 0.717) is 13.0 Å². The number of hydrogen-bond donors (Lipinski definition) is 1. The van der Waals surface area contributed by atoms with Crippen LogP contribution in [0.5, 0.6) is 0 Å². The van der Waals surface area contributed by atoms with E-state index in [1.807, 2.05) is 45.0 Å². The number of rotatable bonds is 4. The summed E-state index contributed by atoms with van der Waals surface area (Å²) < 4.78 is 14.7. The average Bonchev–Trinajstić information content (AvgIpc) is 2.18. The quantitative estimate of drug-likeness (QED) is 0.890. The van der Waals surface area contributed by atoms with Crippen molar-refractivity contribution >= 4 is 15.9 Å². The van der Waals surface area contributed by atoms with Crippen molar-refractivity contribution in [3.05, 3.63) is 34.3 Å². The van der Waals surface area contributed by atoms with Crippen LogP contribution in [0.3, 0.4) is 0 Å². The highest BCUT2D eigenvalue weighted by Gasteiger charge is 2.14. The van der Waals surface area contributed by atoms with Crippen LogP contribution in [0.25, 0.3) is 0 Å². The first-order valence-electron chi connectivity index (χ1n) is 5.51. The third-order valence-electron chi connectivity index (χ3n) is 2.25. The van der Waals surface area contributed by atoms with Crippen LogP contribution < -0.4 is 5.32 Å². The number of halogens is 2. The Morgan fingerprint density at radius 1 is 1.31 bits per heavy atom. The lowest BCUT2D eigenvalue weighted by Crippen LogP contribution is -2.40. The van der Waals surface area contributed by atoms with Crippen molar-refractivity contribution < 1.29 is 4.39 Å². The molecule has 1 N–H and O–H groups in total. The van der Waals surface area contributed by atoms with E-state index >= 15 is 0 Å². The van der Waals surface area contributed by atoms with Gasteiger partial charge in [-0.25, -0.2) is 4.39 Å². The highest BCUT2D eigenvalue weighted by Crippen LogP contribution is 2.18. The summed E-state index contributed by atoms with van der Waals surface area (Å²) in [5.74, 6) is 0. The van der Waals surface area contributed by atoms with Crippen LogP contribution in [0.1, 0.15) is 26.3 Å². The van der Waals surface area contributed by atoms with Gasteiger partial charge in [-0.1, -0.05) is 34.1 Å². The summed E-state index contributed by atoms with van der Waals surface area (Å²) in [7, 11) is 0. The van der Waals surface area contributed by atoms with Crippen molar-refractivity contribution in [1.29, 1.82) is 0 Å². The molecule has 1 aromatic rings. The van der Waals surface area contributed by atoms with Crippen LogP contribution in [0.15, 0.2) is 28.7 Å². The molecule has 0 heterocycles. The van der Waals surface area contributed by atoms with Crippen LogP contribution in [0, 0.1) is 0 Å². The third kappa shape index (κ3) is 5.08. The molecule has 1 rings (SSSR count). The molecule has 1 nitrogen and oxygen atoms in total. The van der Waals surface area contributed by atoms with E-state index in [-0.39, 0.29) is 5.54 Å². The second-order valence-corrected chi connectivity index (χ2v) is 5.88. The topological polar surface area (TPSA) is 12.0 Å². The third-order valence-corrected chi connectivity index (χ3v) is 3.03. The lowest BCUT2D eigenvalue weighted by molar-refractivity contribution is 0.284. The molecule has 0 radical (unpaired) electrons. The van der Waals surface area contributed by atoms with Gasteiger partial charge in [-0.3, -0.25) is 0 Å². The minimum atomic E-state index is -0.849. The molecule has 0 bridgehead atoms. The SMILES string of the molecule is CC(C)(C)NCC(F)Cc1ccccc1Br. The monoisotopic (exact) mass is 287 g/mol. The molecule has 0 aliphatic rings. The molecule has 1 aromatic carbocycles. The molecular weight excluding hydrogens is 269 g/mol. The minimum absolute atomic E-state index is 0.0295. The van der Waals surface area contributed by atoms with Gasteiger partial charge in [0.15, 0.2) is 0 Å². The zero-order valence-electron chi connectivity index (χ0n) is 10.1. The van der Waals surface area contributed by atoms with Crippen molar-refractivity contribution in [1.82, 2.24) is 5.32 Å². The lowest BCUT2D eigenvalue weighted by Gasteiger charge is -2.22. The summed E-state index contributed by atoms with van der Waals surface area (Å²) in [6.07, 6.45) is -0.400. The summed E-state index contributed by atoms with van der Waals surface area (Å²) in [4.78, 5) is 0. The largest absolute Gasteiger partial charge is 0.309 e. The van der Waals surface area contributed by atoms with Gasteiger partial charge in [0.25, 0.3) is 0 Å². The highest BCUT2D eigenvalue weighted by molar-refractivity contribution is 9.10. The Hall–Kier alpha value is -0.410. The molecule has 90 valence electrons. The van der Waals surface area contributed by atoms with Gasteiger partial charge in [0.2, 0.25) is 0 Å². The van der Waals surface area contributed by atoms with E-state index in [1.54, 1.807) is 0 Å². The first-order chi connectivity index (χ1) is 7.38. The maximum atomic E-state index is 13.7. The van der Waals surface area contributed by atoms with Gasteiger partial charge < -0.3 is 5.32 Å². The first-order valence-corrected chi connectivity index (χ1v) is 6.30. The van der Waals surface area contributed by atoms with Gasteiger partial charge in [-0.2, -0.15) is 0 Å². The van der Waals surface area contributed by atoms with Crippen LogP contribution in [-0.2, 0) is 6.42 Å². The number of hydrogen-bond acceptors (Lipinski definition) is 1. The van der Waals surface area contributed by atoms with E-state index in [1.165, 1.54) is 0 Å². The van der Waals surface area contributed by atoms with E-state index < -0.39 is 6.17 Å². The predicted octanol–water partition coefficient (Wildman–Crippen LogP) is 3.72. The molecule has 3 heteroatoms. The molecule has 0 amide bonds. The fourth-order valence-corrected chi connectivity index (χ4v) is 1.84. The van der Waals surface area contributed by atoms with Crippen LogP contribution in [0.2, 0.25) is 0 Å². The Morgan fingerprint density at radius 3 is 2.50 bits per heavy atom. The van der Waals surface area contributed by atoms with Crippen molar-refractivity contribution in [2.24, 2.45) is 0 Å². The molecule has 16 heavy (non-hydrogen) atoms. The fourth-order valence-electron chi connectivity index (χ4n) is 1.39. The van der Waals surface area contributed by atoms with Crippen LogP contribution >= 0.6 is 15.9 Å². The standard InChI is InChI=1S/C13H19BrFN/c1-13(2,3)16-9-11(15)8-10-6-4-5-7-12(10)14/h4-7,11,16H,8-9H2,1-3H3. The zero-order chi connectivity index (χ0) is 12.2. The molecule has 0 fully saturated rings. The molecule has 1 unspecified atom stereocenters. The second kappa shape index (κ2) is 5.78. The molecule has 0 spiro atoms. The van der Waals surface area contributed by atoms with Crippen LogP contribution in [-0.4, -0.2) is 18.3 Å². The van der Waals surface area contributed by atoms with Crippen molar-refractivity contribution in [2.45, 2.75) is 38.9 Å². The normalized spacial score (nSPS) is 13.8. The summed E-state index contributed by atoms with van der Waals surface area (Å²) >= 11 is 3.43. The Morgan fingerprint density at radius 2 is 1.94 bits per heavy atom. The molecule has 0 saturated heterocycles. The number of benzene rings is 1.